The molecule has 0 aliphatic carbocycles. The Balaban J connectivity index is 2.33. The molecule has 1 saturated heterocycles. The molecule has 2 rings (SSSR count). The molecule has 3 N–H and O–H groups in total. The van der Waals surface area contributed by atoms with Crippen LogP contribution in [0.2, 0.25) is 0 Å². The summed E-state index contributed by atoms with van der Waals surface area (Å²) in [7, 11) is 0. The van der Waals surface area contributed by atoms with Crippen molar-refractivity contribution in [3.63, 3.8) is 0 Å². The Kier molecular flexibility index (Phi) is 6.20. The number of benzene rings is 1. The lowest BCUT2D eigenvalue weighted by Crippen LogP contribution is -2.54. The molecule has 21 heavy (non-hydrogen) atoms. The predicted octanol–water partition coefficient (Wildman–Crippen LogP) is 2.31. The van der Waals surface area contributed by atoms with Gasteiger partial charge in [-0.2, -0.15) is 0 Å². The third-order valence-corrected chi connectivity index (χ3v) is 4.94. The quantitative estimate of drug-likeness (QED) is 0.849. The van der Waals surface area contributed by atoms with Crippen molar-refractivity contribution >= 4 is 15.9 Å². The van der Waals surface area contributed by atoms with Gasteiger partial charge >= 0.3 is 0 Å². The summed E-state index contributed by atoms with van der Waals surface area (Å²) in [5.41, 5.74) is 7.64. The van der Waals surface area contributed by atoms with Gasteiger partial charge in [0.1, 0.15) is 0 Å². The van der Waals surface area contributed by atoms with Gasteiger partial charge in [0.25, 0.3) is 0 Å². The fourth-order valence-corrected chi connectivity index (χ4v) is 3.45. The molecule has 0 saturated carbocycles. The number of morpholine rings is 1. The van der Waals surface area contributed by atoms with Crippen LogP contribution in [0.3, 0.4) is 0 Å². The molecular weight excluding hydrogens is 332 g/mol. The monoisotopic (exact) mass is 356 g/mol. The van der Waals surface area contributed by atoms with Crippen LogP contribution in [0.1, 0.15) is 31.9 Å². The van der Waals surface area contributed by atoms with E-state index in [0.29, 0.717) is 13.2 Å². The minimum Gasteiger partial charge on any atom is -0.394 e. The molecule has 1 fully saturated rings. The number of nitrogens with two attached hydrogens (primary N) is 1. The fourth-order valence-electron chi connectivity index (χ4n) is 2.93. The van der Waals surface area contributed by atoms with E-state index in [2.05, 4.69) is 46.8 Å². The zero-order valence-corrected chi connectivity index (χ0v) is 14.3. The first-order valence-electron chi connectivity index (χ1n) is 7.56. The third kappa shape index (κ3) is 3.85. The highest BCUT2D eigenvalue weighted by Crippen LogP contribution is 2.33. The van der Waals surface area contributed by atoms with Crippen LogP contribution < -0.4 is 5.73 Å². The number of halogens is 1. The second kappa shape index (κ2) is 7.70. The third-order valence-electron chi connectivity index (χ3n) is 4.22. The first-order valence-corrected chi connectivity index (χ1v) is 8.36. The molecule has 1 heterocycles. The smallest absolute Gasteiger partial charge is 0.0933 e. The Morgan fingerprint density at radius 1 is 1.48 bits per heavy atom. The van der Waals surface area contributed by atoms with E-state index in [4.69, 9.17) is 10.5 Å². The Labute approximate surface area is 135 Å². The number of rotatable bonds is 5. The highest BCUT2D eigenvalue weighted by atomic mass is 79.9. The molecule has 4 unspecified atom stereocenters. The van der Waals surface area contributed by atoms with E-state index < -0.39 is 0 Å². The largest absolute Gasteiger partial charge is 0.394 e. The maximum Gasteiger partial charge on any atom is 0.0933 e. The van der Waals surface area contributed by atoms with Crippen molar-refractivity contribution in [2.75, 3.05) is 19.8 Å². The normalized spacial score (nSPS) is 26.5. The van der Waals surface area contributed by atoms with E-state index in [1.807, 2.05) is 12.1 Å². The highest BCUT2D eigenvalue weighted by molar-refractivity contribution is 9.10. The van der Waals surface area contributed by atoms with Crippen molar-refractivity contribution in [3.8, 4) is 0 Å². The zero-order valence-electron chi connectivity index (χ0n) is 12.7. The van der Waals surface area contributed by atoms with Gasteiger partial charge in [-0.05, 0) is 25.0 Å². The van der Waals surface area contributed by atoms with Crippen LogP contribution in [0.5, 0.6) is 0 Å². The van der Waals surface area contributed by atoms with E-state index in [0.717, 1.165) is 10.9 Å². The summed E-state index contributed by atoms with van der Waals surface area (Å²) >= 11 is 3.65. The average molecular weight is 357 g/mol. The van der Waals surface area contributed by atoms with Crippen LogP contribution in [0.4, 0.5) is 0 Å². The van der Waals surface area contributed by atoms with Crippen molar-refractivity contribution in [2.24, 2.45) is 5.73 Å². The van der Waals surface area contributed by atoms with Crippen LogP contribution in [0.15, 0.2) is 28.7 Å². The van der Waals surface area contributed by atoms with E-state index in [1.54, 1.807) is 0 Å². The molecule has 1 aromatic rings. The van der Waals surface area contributed by atoms with Gasteiger partial charge in [-0.3, -0.25) is 4.90 Å². The van der Waals surface area contributed by atoms with Crippen LogP contribution in [0.25, 0.3) is 0 Å². The number of aliphatic hydroxyl groups is 1. The summed E-state index contributed by atoms with van der Waals surface area (Å²) in [5, 5.41) is 9.41. The molecule has 0 amide bonds. The van der Waals surface area contributed by atoms with Crippen molar-refractivity contribution < 1.29 is 9.84 Å². The van der Waals surface area contributed by atoms with Gasteiger partial charge in [-0.15, -0.1) is 0 Å². The Hall–Kier alpha value is -0.460. The highest BCUT2D eigenvalue weighted by Gasteiger charge is 2.35. The molecule has 1 aliphatic heterocycles. The topological polar surface area (TPSA) is 58.7 Å². The zero-order chi connectivity index (χ0) is 15.4. The van der Waals surface area contributed by atoms with E-state index in [1.165, 1.54) is 5.56 Å². The molecular formula is C16H25BrN2O2. The maximum absolute atomic E-state index is 9.41. The van der Waals surface area contributed by atoms with E-state index >= 15 is 0 Å². The standard InChI is InChI=1S/C16H25BrN2O2/c1-3-15(18)16(13-6-4-5-7-14(13)17)19-8-12(9-20)21-10-11(19)2/h4-7,11-12,15-16,20H,3,8-10,18H2,1-2H3. The van der Waals surface area contributed by atoms with Gasteiger partial charge in [-0.25, -0.2) is 0 Å². The minimum atomic E-state index is -0.129. The van der Waals surface area contributed by atoms with Crippen LogP contribution in [0, 0.1) is 0 Å². The minimum absolute atomic E-state index is 0.0450. The van der Waals surface area contributed by atoms with E-state index in [9.17, 15) is 5.11 Å². The van der Waals surface area contributed by atoms with Gasteiger partial charge in [0, 0.05) is 23.1 Å². The Bertz CT molecular complexity index is 458. The Morgan fingerprint density at radius 2 is 2.19 bits per heavy atom. The number of aliphatic hydroxyl groups excluding tert-OH is 1. The summed E-state index contributed by atoms with van der Waals surface area (Å²) in [4.78, 5) is 2.37. The summed E-state index contributed by atoms with van der Waals surface area (Å²) < 4.78 is 6.74. The van der Waals surface area contributed by atoms with Crippen molar-refractivity contribution in [2.45, 2.75) is 44.5 Å². The van der Waals surface area contributed by atoms with Gasteiger partial charge in [0.15, 0.2) is 0 Å². The summed E-state index contributed by atoms with van der Waals surface area (Å²) in [5.74, 6) is 0. The SMILES string of the molecule is CCC(N)C(c1ccccc1Br)N1CC(CO)OCC1C. The molecule has 1 aromatic carbocycles. The summed E-state index contributed by atoms with van der Waals surface area (Å²) in [6, 6.07) is 8.69. The lowest BCUT2D eigenvalue weighted by Gasteiger charge is -2.44. The molecule has 4 atom stereocenters. The van der Waals surface area contributed by atoms with Crippen molar-refractivity contribution in [1.29, 1.82) is 0 Å². The molecule has 0 radical (unpaired) electrons. The second-order valence-electron chi connectivity index (χ2n) is 5.72. The van der Waals surface area contributed by atoms with E-state index in [-0.39, 0.29) is 30.8 Å². The maximum atomic E-state index is 9.41. The first kappa shape index (κ1) is 16.9. The van der Waals surface area contributed by atoms with Crippen molar-refractivity contribution in [1.82, 2.24) is 4.90 Å². The van der Waals surface area contributed by atoms with Gasteiger partial charge in [-0.1, -0.05) is 41.1 Å². The average Bonchev–Trinajstić information content (AvgIpc) is 2.50. The summed E-state index contributed by atoms with van der Waals surface area (Å²) in [6.45, 7) is 5.65. The van der Waals surface area contributed by atoms with Gasteiger partial charge in [0.2, 0.25) is 0 Å². The number of nitrogens with zero attached hydrogens (tertiary/aromatic N) is 1. The second-order valence-corrected chi connectivity index (χ2v) is 6.58. The fraction of sp³-hybridized carbons (Fsp3) is 0.625. The number of ether oxygens (including phenoxy) is 1. The molecule has 0 bridgehead atoms. The van der Waals surface area contributed by atoms with Gasteiger partial charge in [0.05, 0.1) is 25.4 Å². The molecule has 0 aromatic heterocycles. The van der Waals surface area contributed by atoms with Crippen LogP contribution in [-0.2, 0) is 4.74 Å². The molecule has 5 heteroatoms. The summed E-state index contributed by atoms with van der Waals surface area (Å²) in [6.07, 6.45) is 0.773. The molecule has 0 spiro atoms. The van der Waals surface area contributed by atoms with Crippen molar-refractivity contribution in [3.05, 3.63) is 34.3 Å². The van der Waals surface area contributed by atoms with Crippen LogP contribution in [-0.4, -0.2) is 48.0 Å². The Morgan fingerprint density at radius 3 is 2.81 bits per heavy atom. The van der Waals surface area contributed by atoms with Crippen LogP contribution >= 0.6 is 15.9 Å². The number of hydrogen-bond donors (Lipinski definition) is 2. The lowest BCUT2D eigenvalue weighted by atomic mass is 9.94. The first-order chi connectivity index (χ1) is 10.1. The molecule has 118 valence electrons. The predicted molar refractivity (Wildman–Crippen MR) is 88.1 cm³/mol. The molecule has 1 aliphatic rings. The number of hydrogen-bond acceptors (Lipinski definition) is 4. The van der Waals surface area contributed by atoms with Gasteiger partial charge < -0.3 is 15.6 Å². The lowest BCUT2D eigenvalue weighted by molar-refractivity contribution is -0.0949. The molecule has 4 nitrogen and oxygen atoms in total.